The summed E-state index contributed by atoms with van der Waals surface area (Å²) in [4.78, 5) is 35.8. The molecule has 0 bridgehead atoms. The molecule has 1 atom stereocenters. The summed E-state index contributed by atoms with van der Waals surface area (Å²) in [5, 5.41) is 2.52. The van der Waals surface area contributed by atoms with E-state index in [1.165, 1.54) is 26.4 Å². The number of nitrogens with two attached hydrogens (primary N) is 1. The lowest BCUT2D eigenvalue weighted by Gasteiger charge is -2.18. The average Bonchev–Trinajstić information content (AvgIpc) is 2.70. The molecule has 0 spiro atoms. The van der Waals surface area contributed by atoms with Crippen LogP contribution in [0.2, 0.25) is 0 Å². The van der Waals surface area contributed by atoms with E-state index < -0.39 is 23.9 Å². The van der Waals surface area contributed by atoms with E-state index in [1.54, 1.807) is 24.3 Å². The lowest BCUT2D eigenvalue weighted by atomic mass is 10.0. The molecule has 4 amide bonds. The summed E-state index contributed by atoms with van der Waals surface area (Å²) < 4.78 is 11.1. The number of benzene rings is 2. The number of carbonyl (C=O) groups is 3. The van der Waals surface area contributed by atoms with Gasteiger partial charge in [0.2, 0.25) is 5.91 Å². The Bertz CT molecular complexity index is 906. The molecular formula is C19H21BrN4O5. The molecule has 0 aliphatic rings. The molecule has 0 fully saturated rings. The number of ether oxygens (including phenoxy) is 2. The Balaban J connectivity index is 2.01. The molecule has 0 radical (unpaired) electrons. The number of methoxy groups -OCH3 is 2. The maximum atomic E-state index is 12.3. The molecule has 1 unspecified atom stereocenters. The first-order valence-corrected chi connectivity index (χ1v) is 9.26. The van der Waals surface area contributed by atoms with E-state index in [2.05, 4.69) is 32.1 Å². The fraction of sp³-hybridized carbons (Fsp3) is 0.211. The van der Waals surface area contributed by atoms with E-state index in [1.807, 2.05) is 6.07 Å². The molecule has 2 rings (SSSR count). The molecule has 29 heavy (non-hydrogen) atoms. The highest BCUT2D eigenvalue weighted by atomic mass is 79.9. The van der Waals surface area contributed by atoms with Gasteiger partial charge in [0.15, 0.2) is 11.5 Å². The standard InChI is InChI=1S/C19H21BrN4O5/c1-28-15-7-6-12(9-16(15)29-2)18(26)24-23-17(25)10-14(22-19(21)27)11-4-3-5-13(20)8-11/h3-9,14H,10H2,1-2H3,(H,23,25)(H,24,26)(H3,21,22,27). The highest BCUT2D eigenvalue weighted by Crippen LogP contribution is 2.27. The summed E-state index contributed by atoms with van der Waals surface area (Å²) in [7, 11) is 2.94. The van der Waals surface area contributed by atoms with Crippen molar-refractivity contribution in [3.8, 4) is 11.5 Å². The van der Waals surface area contributed by atoms with Crippen LogP contribution in [0.4, 0.5) is 4.79 Å². The second-order valence-electron chi connectivity index (χ2n) is 5.89. The third kappa shape index (κ3) is 6.39. The molecular weight excluding hydrogens is 444 g/mol. The molecule has 0 aromatic heterocycles. The van der Waals surface area contributed by atoms with E-state index in [0.717, 1.165) is 4.47 Å². The van der Waals surface area contributed by atoms with Gasteiger partial charge >= 0.3 is 6.03 Å². The van der Waals surface area contributed by atoms with Gasteiger partial charge in [-0.25, -0.2) is 4.79 Å². The third-order valence-corrected chi connectivity index (χ3v) is 4.41. The number of hydrogen-bond donors (Lipinski definition) is 4. The van der Waals surface area contributed by atoms with Crippen LogP contribution in [-0.4, -0.2) is 32.1 Å². The first-order valence-electron chi connectivity index (χ1n) is 8.46. The number of hydrazine groups is 1. The molecule has 0 saturated heterocycles. The van der Waals surface area contributed by atoms with Crippen LogP contribution >= 0.6 is 15.9 Å². The van der Waals surface area contributed by atoms with Crippen LogP contribution in [0.1, 0.15) is 28.4 Å². The Morgan fingerprint density at radius 3 is 2.38 bits per heavy atom. The second-order valence-corrected chi connectivity index (χ2v) is 6.81. The van der Waals surface area contributed by atoms with Crippen molar-refractivity contribution >= 4 is 33.8 Å². The number of urea groups is 1. The zero-order chi connectivity index (χ0) is 21.4. The number of nitrogens with one attached hydrogen (secondary N) is 3. The number of carbonyl (C=O) groups excluding carboxylic acids is 3. The van der Waals surface area contributed by atoms with Gasteiger partial charge in [0.05, 0.1) is 26.7 Å². The van der Waals surface area contributed by atoms with Gasteiger partial charge < -0.3 is 20.5 Å². The smallest absolute Gasteiger partial charge is 0.312 e. The monoisotopic (exact) mass is 464 g/mol. The van der Waals surface area contributed by atoms with Gasteiger partial charge in [-0.05, 0) is 35.9 Å². The Labute approximate surface area is 176 Å². The Morgan fingerprint density at radius 1 is 1.03 bits per heavy atom. The quantitative estimate of drug-likeness (QED) is 0.465. The zero-order valence-corrected chi connectivity index (χ0v) is 17.4. The first kappa shape index (κ1) is 22.0. The lowest BCUT2D eigenvalue weighted by Crippen LogP contribution is -2.44. The van der Waals surface area contributed by atoms with Gasteiger partial charge in [-0.15, -0.1) is 0 Å². The fourth-order valence-electron chi connectivity index (χ4n) is 2.56. The third-order valence-electron chi connectivity index (χ3n) is 3.92. The van der Waals surface area contributed by atoms with Crippen LogP contribution in [0.5, 0.6) is 11.5 Å². The molecule has 10 heteroatoms. The lowest BCUT2D eigenvalue weighted by molar-refractivity contribution is -0.122. The minimum Gasteiger partial charge on any atom is -0.493 e. The van der Waals surface area contributed by atoms with Gasteiger partial charge in [-0.1, -0.05) is 28.1 Å². The maximum absolute atomic E-state index is 12.3. The van der Waals surface area contributed by atoms with E-state index in [9.17, 15) is 14.4 Å². The van der Waals surface area contributed by atoms with Gasteiger partial charge in [-0.2, -0.15) is 0 Å². The van der Waals surface area contributed by atoms with Gasteiger partial charge in [0, 0.05) is 10.0 Å². The molecule has 0 aliphatic carbocycles. The number of primary amides is 1. The van der Waals surface area contributed by atoms with Crippen molar-refractivity contribution in [2.24, 2.45) is 5.73 Å². The topological polar surface area (TPSA) is 132 Å². The number of halogens is 1. The number of amides is 4. The van der Waals surface area contributed by atoms with Gasteiger partial charge in [-0.3, -0.25) is 20.4 Å². The molecule has 0 aliphatic heterocycles. The van der Waals surface area contributed by atoms with E-state index in [0.29, 0.717) is 17.1 Å². The Morgan fingerprint density at radius 2 is 1.76 bits per heavy atom. The van der Waals surface area contributed by atoms with Crippen LogP contribution in [0.15, 0.2) is 46.9 Å². The molecule has 2 aromatic rings. The molecule has 0 saturated carbocycles. The number of hydrogen-bond acceptors (Lipinski definition) is 5. The van der Waals surface area contributed by atoms with E-state index >= 15 is 0 Å². The second kappa shape index (κ2) is 10.3. The van der Waals surface area contributed by atoms with Crippen molar-refractivity contribution in [3.63, 3.8) is 0 Å². The molecule has 0 heterocycles. The predicted molar refractivity (Wildman–Crippen MR) is 109 cm³/mol. The van der Waals surface area contributed by atoms with Crippen LogP contribution in [0, 0.1) is 0 Å². The summed E-state index contributed by atoms with van der Waals surface area (Å²) in [6, 6.07) is 10.3. The van der Waals surface area contributed by atoms with Crippen molar-refractivity contribution < 1.29 is 23.9 Å². The first-order chi connectivity index (χ1) is 13.8. The van der Waals surface area contributed by atoms with Crippen molar-refractivity contribution in [2.75, 3.05) is 14.2 Å². The molecule has 2 aromatic carbocycles. The molecule has 154 valence electrons. The van der Waals surface area contributed by atoms with Crippen LogP contribution in [-0.2, 0) is 4.79 Å². The van der Waals surface area contributed by atoms with Crippen molar-refractivity contribution in [1.29, 1.82) is 0 Å². The summed E-state index contributed by atoms with van der Waals surface area (Å²) >= 11 is 3.34. The molecule has 5 N–H and O–H groups in total. The predicted octanol–water partition coefficient (Wildman–Crippen LogP) is 2.03. The fourth-order valence-corrected chi connectivity index (χ4v) is 2.98. The molecule has 9 nitrogen and oxygen atoms in total. The van der Waals surface area contributed by atoms with Crippen molar-refractivity contribution in [3.05, 3.63) is 58.1 Å². The minimum atomic E-state index is -0.767. The van der Waals surface area contributed by atoms with E-state index in [4.69, 9.17) is 15.2 Å². The van der Waals surface area contributed by atoms with Crippen molar-refractivity contribution in [2.45, 2.75) is 12.5 Å². The van der Waals surface area contributed by atoms with Crippen molar-refractivity contribution in [1.82, 2.24) is 16.2 Å². The highest BCUT2D eigenvalue weighted by Gasteiger charge is 2.19. The minimum absolute atomic E-state index is 0.133. The Hall–Kier alpha value is -3.27. The summed E-state index contributed by atoms with van der Waals surface area (Å²) in [6.45, 7) is 0. The van der Waals surface area contributed by atoms with Gasteiger partial charge in [0.25, 0.3) is 5.91 Å². The highest BCUT2D eigenvalue weighted by molar-refractivity contribution is 9.10. The van der Waals surface area contributed by atoms with E-state index in [-0.39, 0.29) is 12.0 Å². The Kier molecular flexibility index (Phi) is 7.84. The van der Waals surface area contributed by atoms with Gasteiger partial charge in [0.1, 0.15) is 0 Å². The maximum Gasteiger partial charge on any atom is 0.312 e. The average molecular weight is 465 g/mol. The van der Waals surface area contributed by atoms with Crippen LogP contribution in [0.3, 0.4) is 0 Å². The zero-order valence-electron chi connectivity index (χ0n) is 15.8. The number of rotatable bonds is 7. The summed E-state index contributed by atoms with van der Waals surface area (Å²) in [5.41, 5.74) is 10.8. The normalized spacial score (nSPS) is 11.1. The van der Waals surface area contributed by atoms with Crippen LogP contribution < -0.4 is 31.4 Å². The largest absolute Gasteiger partial charge is 0.493 e. The van der Waals surface area contributed by atoms with Crippen LogP contribution in [0.25, 0.3) is 0 Å². The summed E-state index contributed by atoms with van der Waals surface area (Å²) in [5.74, 6) is -0.201. The summed E-state index contributed by atoms with van der Waals surface area (Å²) in [6.07, 6.45) is -0.133. The SMILES string of the molecule is COc1ccc(C(=O)NNC(=O)CC(NC(N)=O)c2cccc(Br)c2)cc1OC.